The van der Waals surface area contributed by atoms with Crippen molar-refractivity contribution in [3.05, 3.63) is 11.9 Å². The summed E-state index contributed by atoms with van der Waals surface area (Å²) in [5.74, 6) is 1.02. The van der Waals surface area contributed by atoms with Gasteiger partial charge >= 0.3 is 0 Å². The number of rotatable bonds is 10. The second-order valence-electron chi connectivity index (χ2n) is 4.21. The molecule has 0 radical (unpaired) electrons. The van der Waals surface area contributed by atoms with E-state index in [9.17, 15) is 4.79 Å². The first kappa shape index (κ1) is 16.0. The van der Waals surface area contributed by atoms with Crippen LogP contribution in [0.1, 0.15) is 25.0 Å². The van der Waals surface area contributed by atoms with E-state index in [1.807, 2.05) is 17.1 Å². The first-order valence-electron chi connectivity index (χ1n) is 6.40. The van der Waals surface area contributed by atoms with Crippen LogP contribution in [-0.4, -0.2) is 46.6 Å². The fourth-order valence-corrected chi connectivity index (χ4v) is 1.96. The number of aryl methyl sites for hydroxylation is 1. The van der Waals surface area contributed by atoms with E-state index >= 15 is 0 Å². The van der Waals surface area contributed by atoms with Crippen molar-refractivity contribution in [2.24, 2.45) is 0 Å². The summed E-state index contributed by atoms with van der Waals surface area (Å²) in [7, 11) is 1.64. The Labute approximate surface area is 118 Å². The summed E-state index contributed by atoms with van der Waals surface area (Å²) in [6, 6.07) is 0. The predicted molar refractivity (Wildman–Crippen MR) is 76.0 cm³/mol. The zero-order valence-electron chi connectivity index (χ0n) is 11.6. The van der Waals surface area contributed by atoms with Gasteiger partial charge in [-0.15, -0.1) is 5.10 Å². The number of aromatic nitrogens is 3. The van der Waals surface area contributed by atoms with Crippen LogP contribution in [0.5, 0.6) is 0 Å². The minimum absolute atomic E-state index is 0.137. The maximum atomic E-state index is 11.3. The average Bonchev–Trinajstić information content (AvgIpc) is 2.84. The van der Waals surface area contributed by atoms with E-state index in [1.165, 1.54) is 0 Å². The lowest BCUT2D eigenvalue weighted by Gasteiger charge is -2.04. The van der Waals surface area contributed by atoms with Gasteiger partial charge in [0.1, 0.15) is 5.69 Å². The molecule has 1 heterocycles. The molecule has 0 unspecified atom stereocenters. The van der Waals surface area contributed by atoms with Crippen LogP contribution in [0.3, 0.4) is 0 Å². The molecule has 108 valence electrons. The van der Waals surface area contributed by atoms with Gasteiger partial charge in [-0.1, -0.05) is 5.21 Å². The monoisotopic (exact) mass is 286 g/mol. The van der Waals surface area contributed by atoms with E-state index in [0.29, 0.717) is 13.0 Å². The quantitative estimate of drug-likeness (QED) is 0.652. The number of methoxy groups -OCH3 is 1. The highest BCUT2D eigenvalue weighted by Gasteiger charge is 2.01. The average molecular weight is 286 g/mol. The normalized spacial score (nSPS) is 10.6. The highest BCUT2D eigenvalue weighted by Crippen LogP contribution is 1.98. The molecule has 1 N–H and O–H groups in total. The first-order chi connectivity index (χ1) is 9.26. The topological polar surface area (TPSA) is 69.0 Å². The third-order valence-corrected chi connectivity index (χ3v) is 3.16. The van der Waals surface area contributed by atoms with Crippen LogP contribution in [0.4, 0.5) is 0 Å². The summed E-state index contributed by atoms with van der Waals surface area (Å²) in [4.78, 5) is 11.3. The summed E-state index contributed by atoms with van der Waals surface area (Å²) in [5.41, 5.74) is 0.841. The molecule has 0 aromatic carbocycles. The van der Waals surface area contributed by atoms with Crippen molar-refractivity contribution in [2.75, 3.05) is 25.7 Å². The fourth-order valence-electron chi connectivity index (χ4n) is 1.57. The number of carbonyl (C=O) groups excluding carboxylic acids is 1. The van der Waals surface area contributed by atoms with Gasteiger partial charge in [0, 0.05) is 32.4 Å². The molecule has 6 nitrogen and oxygen atoms in total. The molecule has 1 aromatic heterocycles. The molecule has 1 rings (SSSR count). The summed E-state index contributed by atoms with van der Waals surface area (Å²) in [6.45, 7) is 2.04. The highest BCUT2D eigenvalue weighted by atomic mass is 32.2. The second kappa shape index (κ2) is 9.80. The van der Waals surface area contributed by atoms with E-state index in [-0.39, 0.29) is 5.91 Å². The number of thioether (sulfide) groups is 1. The number of hydrogen-bond acceptors (Lipinski definition) is 5. The summed E-state index contributed by atoms with van der Waals surface area (Å²) in [5, 5.41) is 10.9. The van der Waals surface area contributed by atoms with E-state index in [4.69, 9.17) is 4.74 Å². The molecule has 0 saturated carbocycles. The summed E-state index contributed by atoms with van der Waals surface area (Å²) >= 11 is 1.69. The third kappa shape index (κ3) is 7.17. The summed E-state index contributed by atoms with van der Waals surface area (Å²) < 4.78 is 6.79. The Bertz CT molecular complexity index is 370. The van der Waals surface area contributed by atoms with Crippen LogP contribution in [0, 0.1) is 0 Å². The minimum Gasteiger partial charge on any atom is -0.378 e. The molecule has 1 amide bonds. The van der Waals surface area contributed by atoms with Gasteiger partial charge in [-0.2, -0.15) is 11.8 Å². The van der Waals surface area contributed by atoms with E-state index < -0.39 is 0 Å². The maximum absolute atomic E-state index is 11.3. The lowest BCUT2D eigenvalue weighted by atomic mass is 10.3. The number of unbranched alkanes of at least 4 members (excludes halogenated alkanes) is 1. The predicted octanol–water partition coefficient (Wildman–Crippen LogP) is 1.07. The van der Waals surface area contributed by atoms with Gasteiger partial charge in [0.25, 0.3) is 0 Å². The molecule has 0 bridgehead atoms. The molecular weight excluding hydrogens is 264 g/mol. The smallest absolute Gasteiger partial charge is 0.220 e. The fraction of sp³-hybridized carbons (Fsp3) is 0.750. The highest BCUT2D eigenvalue weighted by molar-refractivity contribution is 7.98. The van der Waals surface area contributed by atoms with E-state index in [2.05, 4.69) is 15.6 Å². The van der Waals surface area contributed by atoms with Gasteiger partial charge in [0.05, 0.1) is 12.8 Å². The van der Waals surface area contributed by atoms with Crippen LogP contribution in [0.2, 0.25) is 0 Å². The van der Waals surface area contributed by atoms with Crippen LogP contribution >= 0.6 is 11.8 Å². The molecule has 1 aromatic rings. The molecule has 0 aliphatic heterocycles. The van der Waals surface area contributed by atoms with Crippen LogP contribution in [-0.2, 0) is 22.7 Å². The minimum atomic E-state index is 0.137. The lowest BCUT2D eigenvalue weighted by molar-refractivity contribution is -0.120. The molecule has 0 fully saturated rings. The van der Waals surface area contributed by atoms with Gasteiger partial charge < -0.3 is 10.1 Å². The Kier molecular flexibility index (Phi) is 8.24. The zero-order chi connectivity index (χ0) is 13.9. The van der Waals surface area contributed by atoms with Crippen LogP contribution in [0.25, 0.3) is 0 Å². The van der Waals surface area contributed by atoms with Gasteiger partial charge in [-0.25, -0.2) is 0 Å². The van der Waals surface area contributed by atoms with Crippen molar-refractivity contribution in [1.29, 1.82) is 0 Å². The van der Waals surface area contributed by atoms with Gasteiger partial charge in [-0.05, 0) is 19.1 Å². The Morgan fingerprint density at radius 1 is 1.53 bits per heavy atom. The molecule has 0 aliphatic rings. The van der Waals surface area contributed by atoms with Crippen molar-refractivity contribution < 1.29 is 9.53 Å². The maximum Gasteiger partial charge on any atom is 0.220 e. The number of amides is 1. The molecule has 0 aliphatic carbocycles. The Morgan fingerprint density at radius 2 is 2.37 bits per heavy atom. The number of hydrogen-bond donors (Lipinski definition) is 1. The number of nitrogens with one attached hydrogen (secondary N) is 1. The molecule has 7 heteroatoms. The number of ether oxygens (including phenoxy) is 1. The van der Waals surface area contributed by atoms with Gasteiger partial charge in [-0.3, -0.25) is 9.48 Å². The van der Waals surface area contributed by atoms with Crippen LogP contribution in [0.15, 0.2) is 6.20 Å². The van der Waals surface area contributed by atoms with Gasteiger partial charge in [0.2, 0.25) is 5.91 Å². The SMILES string of the molecule is COCc1cn(CCCCNC(=O)CCSC)nn1. The first-order valence-corrected chi connectivity index (χ1v) is 7.79. The molecule has 0 atom stereocenters. The molecule has 19 heavy (non-hydrogen) atoms. The largest absolute Gasteiger partial charge is 0.378 e. The van der Waals surface area contributed by atoms with Crippen molar-refractivity contribution >= 4 is 17.7 Å². The third-order valence-electron chi connectivity index (χ3n) is 2.55. The Morgan fingerprint density at radius 3 is 3.11 bits per heavy atom. The molecule has 0 spiro atoms. The van der Waals surface area contributed by atoms with Crippen LogP contribution < -0.4 is 5.32 Å². The molecule has 0 saturated heterocycles. The van der Waals surface area contributed by atoms with Gasteiger partial charge in [0.15, 0.2) is 0 Å². The Balaban J connectivity index is 2.05. The van der Waals surface area contributed by atoms with E-state index in [0.717, 1.165) is 37.4 Å². The van der Waals surface area contributed by atoms with Crippen molar-refractivity contribution in [3.8, 4) is 0 Å². The second-order valence-corrected chi connectivity index (χ2v) is 5.19. The zero-order valence-corrected chi connectivity index (χ0v) is 12.4. The van der Waals surface area contributed by atoms with E-state index in [1.54, 1.807) is 18.9 Å². The number of carbonyl (C=O) groups is 1. The number of nitrogens with zero attached hydrogens (tertiary/aromatic N) is 3. The Hall–Kier alpha value is -1.08. The summed E-state index contributed by atoms with van der Waals surface area (Å²) in [6.07, 6.45) is 6.41. The van der Waals surface area contributed by atoms with Crippen molar-refractivity contribution in [1.82, 2.24) is 20.3 Å². The van der Waals surface area contributed by atoms with Crippen molar-refractivity contribution in [2.45, 2.75) is 32.4 Å². The lowest BCUT2D eigenvalue weighted by Crippen LogP contribution is -2.24. The van der Waals surface area contributed by atoms with Crippen molar-refractivity contribution in [3.63, 3.8) is 0 Å². The molecular formula is C12H22N4O2S. The standard InChI is InChI=1S/C12H22N4O2S/c1-18-10-11-9-16(15-14-11)7-4-3-6-13-12(17)5-8-19-2/h9H,3-8,10H2,1-2H3,(H,13,17).